The van der Waals surface area contributed by atoms with E-state index in [1.807, 2.05) is 0 Å². The van der Waals surface area contributed by atoms with Crippen molar-refractivity contribution in [3.8, 4) is 0 Å². The summed E-state index contributed by atoms with van der Waals surface area (Å²) in [7, 11) is 0. The van der Waals surface area contributed by atoms with Gasteiger partial charge in [0.05, 0.1) is 0 Å². The minimum Gasteiger partial charge on any atom is -0.351 e. The first kappa shape index (κ1) is 11.8. The standard InChI is InChI=1S/C12H20N4O2/c17-11(14-8-3-5-13-6-4-8)10-2-1-9-7-16(10)12(18)15-9/h8-10,13H,1-7H2,(H,14,17)(H,15,18). The molecule has 3 heterocycles. The molecule has 18 heavy (non-hydrogen) atoms. The van der Waals surface area contributed by atoms with Crippen molar-refractivity contribution in [3.05, 3.63) is 0 Å². The number of rotatable bonds is 2. The number of hydrogen-bond donors (Lipinski definition) is 3. The molecule has 3 rings (SSSR count). The number of carbonyl (C=O) groups excluding carboxylic acids is 2. The molecule has 0 aromatic rings. The van der Waals surface area contributed by atoms with Gasteiger partial charge in [0.15, 0.2) is 0 Å². The summed E-state index contributed by atoms with van der Waals surface area (Å²) in [6, 6.07) is 0.171. The second-order valence-electron chi connectivity index (χ2n) is 5.42. The lowest BCUT2D eigenvalue weighted by molar-refractivity contribution is -0.126. The number of urea groups is 1. The Hall–Kier alpha value is -1.30. The average molecular weight is 252 g/mol. The molecule has 0 aliphatic carbocycles. The lowest BCUT2D eigenvalue weighted by Crippen LogP contribution is -2.53. The van der Waals surface area contributed by atoms with Gasteiger partial charge in [0, 0.05) is 18.6 Å². The van der Waals surface area contributed by atoms with Gasteiger partial charge in [-0.25, -0.2) is 4.79 Å². The molecule has 3 fully saturated rings. The van der Waals surface area contributed by atoms with Gasteiger partial charge in [-0.05, 0) is 38.8 Å². The molecule has 0 aromatic heterocycles. The molecule has 0 radical (unpaired) electrons. The summed E-state index contributed by atoms with van der Waals surface area (Å²) in [6.45, 7) is 2.60. The molecule has 2 unspecified atom stereocenters. The molecule has 2 atom stereocenters. The Bertz CT molecular complexity index is 354. The van der Waals surface area contributed by atoms with E-state index in [0.717, 1.165) is 38.8 Å². The summed E-state index contributed by atoms with van der Waals surface area (Å²) >= 11 is 0. The Kier molecular flexibility index (Phi) is 3.11. The minimum absolute atomic E-state index is 0.0254. The molecule has 3 aliphatic heterocycles. The van der Waals surface area contributed by atoms with Crippen LogP contribution in [0.2, 0.25) is 0 Å². The van der Waals surface area contributed by atoms with Crippen molar-refractivity contribution >= 4 is 11.9 Å². The van der Waals surface area contributed by atoms with Gasteiger partial charge in [0.1, 0.15) is 6.04 Å². The van der Waals surface area contributed by atoms with Crippen molar-refractivity contribution in [2.45, 2.75) is 43.8 Å². The Morgan fingerprint density at radius 1 is 1.22 bits per heavy atom. The first-order valence-electron chi connectivity index (χ1n) is 6.82. The molecule has 3 amide bonds. The summed E-state index contributed by atoms with van der Waals surface area (Å²) < 4.78 is 0. The zero-order chi connectivity index (χ0) is 12.5. The third kappa shape index (κ3) is 2.16. The molecule has 0 spiro atoms. The van der Waals surface area contributed by atoms with Gasteiger partial charge < -0.3 is 20.9 Å². The first-order valence-corrected chi connectivity index (χ1v) is 6.82. The minimum atomic E-state index is -0.265. The molecule has 6 heteroatoms. The SMILES string of the molecule is O=C(NC1CCNCC1)C1CCC2CN1C(=O)N2. The van der Waals surface area contributed by atoms with Crippen molar-refractivity contribution < 1.29 is 9.59 Å². The molecule has 0 aromatic carbocycles. The highest BCUT2D eigenvalue weighted by molar-refractivity contribution is 5.89. The summed E-state index contributed by atoms with van der Waals surface area (Å²) in [4.78, 5) is 25.6. The lowest BCUT2D eigenvalue weighted by Gasteiger charge is -2.32. The van der Waals surface area contributed by atoms with Crippen LogP contribution in [0.15, 0.2) is 0 Å². The van der Waals surface area contributed by atoms with Crippen molar-refractivity contribution in [2.75, 3.05) is 19.6 Å². The maximum absolute atomic E-state index is 12.2. The number of amides is 3. The van der Waals surface area contributed by atoms with E-state index in [-0.39, 0.29) is 30.1 Å². The second kappa shape index (κ2) is 4.76. The highest BCUT2D eigenvalue weighted by Gasteiger charge is 2.42. The van der Waals surface area contributed by atoms with Crippen LogP contribution in [0, 0.1) is 0 Å². The summed E-state index contributed by atoms with van der Waals surface area (Å²) in [5.74, 6) is 0.0254. The predicted octanol–water partition coefficient (Wildman–Crippen LogP) is -0.589. The monoisotopic (exact) mass is 252 g/mol. The molecule has 3 N–H and O–H groups in total. The van der Waals surface area contributed by atoms with Crippen LogP contribution < -0.4 is 16.0 Å². The Morgan fingerprint density at radius 2 is 2.00 bits per heavy atom. The van der Waals surface area contributed by atoms with E-state index >= 15 is 0 Å². The van der Waals surface area contributed by atoms with Crippen LogP contribution in [-0.4, -0.2) is 54.6 Å². The topological polar surface area (TPSA) is 73.5 Å². The van der Waals surface area contributed by atoms with Crippen LogP contribution in [0.3, 0.4) is 0 Å². The Balaban J connectivity index is 1.59. The Morgan fingerprint density at radius 3 is 2.78 bits per heavy atom. The number of fused-ring (bicyclic) bond motifs is 2. The fraction of sp³-hybridized carbons (Fsp3) is 0.833. The van der Waals surface area contributed by atoms with E-state index in [2.05, 4.69) is 16.0 Å². The van der Waals surface area contributed by atoms with E-state index < -0.39 is 0 Å². The van der Waals surface area contributed by atoms with E-state index in [1.54, 1.807) is 4.90 Å². The van der Waals surface area contributed by atoms with Crippen LogP contribution in [0.25, 0.3) is 0 Å². The Labute approximate surface area is 106 Å². The average Bonchev–Trinajstić information content (AvgIpc) is 2.66. The second-order valence-corrected chi connectivity index (χ2v) is 5.42. The van der Waals surface area contributed by atoms with Crippen molar-refractivity contribution in [1.29, 1.82) is 0 Å². The van der Waals surface area contributed by atoms with Gasteiger partial charge in [-0.15, -0.1) is 0 Å². The summed E-state index contributed by atoms with van der Waals surface area (Å²) in [5.41, 5.74) is 0. The van der Waals surface area contributed by atoms with E-state index in [4.69, 9.17) is 0 Å². The summed E-state index contributed by atoms with van der Waals surface area (Å²) in [5, 5.41) is 9.27. The van der Waals surface area contributed by atoms with E-state index in [1.165, 1.54) is 0 Å². The zero-order valence-corrected chi connectivity index (χ0v) is 10.4. The third-order valence-corrected chi connectivity index (χ3v) is 4.16. The summed E-state index contributed by atoms with van der Waals surface area (Å²) in [6.07, 6.45) is 3.65. The number of nitrogens with one attached hydrogen (secondary N) is 3. The fourth-order valence-electron chi connectivity index (χ4n) is 3.11. The van der Waals surface area contributed by atoms with Gasteiger partial charge >= 0.3 is 6.03 Å². The van der Waals surface area contributed by atoms with E-state index in [0.29, 0.717) is 6.54 Å². The van der Waals surface area contributed by atoms with Crippen molar-refractivity contribution in [1.82, 2.24) is 20.9 Å². The number of carbonyl (C=O) groups is 2. The van der Waals surface area contributed by atoms with Gasteiger partial charge in [-0.3, -0.25) is 4.79 Å². The van der Waals surface area contributed by atoms with E-state index in [9.17, 15) is 9.59 Å². The normalized spacial score (nSPS) is 32.2. The van der Waals surface area contributed by atoms with Crippen LogP contribution in [0.4, 0.5) is 4.79 Å². The highest BCUT2D eigenvalue weighted by atomic mass is 16.2. The van der Waals surface area contributed by atoms with Crippen LogP contribution in [0.5, 0.6) is 0 Å². The van der Waals surface area contributed by atoms with Gasteiger partial charge in [0.2, 0.25) is 5.91 Å². The first-order chi connectivity index (χ1) is 8.74. The largest absolute Gasteiger partial charge is 0.351 e. The lowest BCUT2D eigenvalue weighted by atomic mass is 9.99. The number of nitrogens with zero attached hydrogens (tertiary/aromatic N) is 1. The number of hydrogen-bond acceptors (Lipinski definition) is 3. The number of piperidine rings is 2. The van der Waals surface area contributed by atoms with Gasteiger partial charge in [-0.2, -0.15) is 0 Å². The molecule has 6 nitrogen and oxygen atoms in total. The highest BCUT2D eigenvalue weighted by Crippen LogP contribution is 2.23. The third-order valence-electron chi connectivity index (χ3n) is 4.16. The maximum atomic E-state index is 12.2. The van der Waals surface area contributed by atoms with Crippen molar-refractivity contribution in [3.63, 3.8) is 0 Å². The zero-order valence-electron chi connectivity index (χ0n) is 10.4. The van der Waals surface area contributed by atoms with Crippen molar-refractivity contribution in [2.24, 2.45) is 0 Å². The molecule has 100 valence electrons. The molecule has 2 bridgehead atoms. The molecule has 3 saturated heterocycles. The maximum Gasteiger partial charge on any atom is 0.318 e. The molecular formula is C12H20N4O2. The van der Waals surface area contributed by atoms with Crippen LogP contribution >= 0.6 is 0 Å². The predicted molar refractivity (Wildman–Crippen MR) is 66.1 cm³/mol. The van der Waals surface area contributed by atoms with Gasteiger partial charge in [-0.1, -0.05) is 0 Å². The quantitative estimate of drug-likeness (QED) is 0.615. The molecule has 3 aliphatic rings. The van der Waals surface area contributed by atoms with Crippen LogP contribution in [0.1, 0.15) is 25.7 Å². The smallest absolute Gasteiger partial charge is 0.318 e. The van der Waals surface area contributed by atoms with Gasteiger partial charge in [0.25, 0.3) is 0 Å². The molecule has 0 saturated carbocycles. The molecular weight excluding hydrogens is 232 g/mol. The fourth-order valence-corrected chi connectivity index (χ4v) is 3.11. The van der Waals surface area contributed by atoms with Crippen LogP contribution in [-0.2, 0) is 4.79 Å².